The number of carbonyl (C=O) groups excluding carboxylic acids is 10. The number of amides is 10. The van der Waals surface area contributed by atoms with Gasteiger partial charge in [-0.1, -0.05) is 48.5 Å². The third kappa shape index (κ3) is 7.00. The highest BCUT2D eigenvalue weighted by Gasteiger charge is 2.39. The molecule has 0 saturated carbocycles. The zero-order valence-corrected chi connectivity index (χ0v) is 34.0. The van der Waals surface area contributed by atoms with E-state index < -0.39 is 59.1 Å². The van der Waals surface area contributed by atoms with Crippen molar-refractivity contribution in [3.05, 3.63) is 177 Å². The monoisotopic (exact) mass is 856 g/mol. The van der Waals surface area contributed by atoms with Crippen LogP contribution in [0.15, 0.2) is 121 Å². The molecule has 5 aromatic rings. The molecule has 16 nitrogen and oxygen atoms in total. The van der Waals surface area contributed by atoms with Gasteiger partial charge < -0.3 is 9.80 Å². The molecule has 318 valence electrons. The summed E-state index contributed by atoms with van der Waals surface area (Å²) in [6.07, 6.45) is 0. The third-order valence-corrected chi connectivity index (χ3v) is 11.8. The van der Waals surface area contributed by atoms with E-state index in [-0.39, 0.29) is 108 Å². The summed E-state index contributed by atoms with van der Waals surface area (Å²) in [5, 5.41) is 0. The van der Waals surface area contributed by atoms with E-state index in [1.807, 2.05) is 0 Å². The maximum absolute atomic E-state index is 14.3. The zero-order chi connectivity index (χ0) is 44.8. The minimum atomic E-state index is -0.583. The Kier molecular flexibility index (Phi) is 10.5. The standard InChI is InChI=1S/C48H36N6O10/c55-39(49(21-25-51-41(57)31-9-1-2-10-32(31)42(51)58)22-26-52-43(59)33-11-3-4-12-34(33)44(52)60)29-17-19-30(20-18-29)40(56)50(23-27-53-45(61)35-13-5-6-14-36(35)46(53)62)24-28-54-47(63)37-15-7-8-16-38(37)48(54)64/h1-20H,21-28H2. The molecule has 0 unspecified atom stereocenters. The largest absolute Gasteiger partial charge is 0.335 e. The Balaban J connectivity index is 0.937. The number of fused-ring (bicyclic) bond motifs is 4. The van der Waals surface area contributed by atoms with Crippen molar-refractivity contribution in [1.29, 1.82) is 0 Å². The first-order valence-electron chi connectivity index (χ1n) is 20.4. The molecule has 0 aromatic heterocycles. The summed E-state index contributed by atoms with van der Waals surface area (Å²) in [5.74, 6) is -5.34. The molecule has 0 N–H and O–H groups in total. The predicted octanol–water partition coefficient (Wildman–Crippen LogP) is 3.76. The van der Waals surface area contributed by atoms with E-state index in [4.69, 9.17) is 0 Å². The van der Waals surface area contributed by atoms with Gasteiger partial charge in [0.1, 0.15) is 0 Å². The van der Waals surface area contributed by atoms with Crippen LogP contribution in [0.5, 0.6) is 0 Å². The average Bonchev–Trinajstić information content (AvgIpc) is 3.92. The minimum Gasteiger partial charge on any atom is -0.335 e. The quantitative estimate of drug-likeness (QED) is 0.149. The molecule has 0 fully saturated rings. The van der Waals surface area contributed by atoms with Crippen LogP contribution >= 0.6 is 0 Å². The van der Waals surface area contributed by atoms with Crippen molar-refractivity contribution in [3.8, 4) is 0 Å². The number of benzene rings is 5. The Morgan fingerprint density at radius 1 is 0.297 bits per heavy atom. The first-order valence-corrected chi connectivity index (χ1v) is 20.4. The fourth-order valence-electron chi connectivity index (χ4n) is 8.40. The highest BCUT2D eigenvalue weighted by molar-refractivity contribution is 6.23. The van der Waals surface area contributed by atoms with Gasteiger partial charge in [0.15, 0.2) is 0 Å². The summed E-state index contributed by atoms with van der Waals surface area (Å²) in [6, 6.07) is 31.1. The van der Waals surface area contributed by atoms with Gasteiger partial charge in [0.2, 0.25) is 0 Å². The Bertz CT molecular complexity index is 2400. The van der Waals surface area contributed by atoms with Crippen LogP contribution in [0.3, 0.4) is 0 Å². The van der Waals surface area contributed by atoms with E-state index >= 15 is 0 Å². The molecule has 4 aliphatic rings. The lowest BCUT2D eigenvalue weighted by Gasteiger charge is -2.28. The summed E-state index contributed by atoms with van der Waals surface area (Å²) < 4.78 is 0. The topological polar surface area (TPSA) is 190 Å². The molecule has 64 heavy (non-hydrogen) atoms. The number of carbonyl (C=O) groups is 10. The minimum absolute atomic E-state index is 0.102. The van der Waals surface area contributed by atoms with Crippen molar-refractivity contribution in [1.82, 2.24) is 29.4 Å². The highest BCUT2D eigenvalue weighted by atomic mass is 16.2. The van der Waals surface area contributed by atoms with Gasteiger partial charge in [-0.25, -0.2) is 0 Å². The van der Waals surface area contributed by atoms with E-state index in [1.165, 1.54) is 34.1 Å². The van der Waals surface area contributed by atoms with Crippen molar-refractivity contribution >= 4 is 59.1 Å². The van der Waals surface area contributed by atoms with Crippen molar-refractivity contribution < 1.29 is 47.9 Å². The Morgan fingerprint density at radius 3 is 0.641 bits per heavy atom. The van der Waals surface area contributed by atoms with E-state index in [2.05, 4.69) is 0 Å². The smallest absolute Gasteiger partial charge is 0.261 e. The van der Waals surface area contributed by atoms with Crippen molar-refractivity contribution in [2.45, 2.75) is 0 Å². The lowest BCUT2D eigenvalue weighted by atomic mass is 10.1. The summed E-state index contributed by atoms with van der Waals surface area (Å²) in [5.41, 5.74) is 2.08. The van der Waals surface area contributed by atoms with E-state index in [0.717, 1.165) is 19.6 Å². The fourth-order valence-corrected chi connectivity index (χ4v) is 8.40. The molecule has 0 radical (unpaired) electrons. The number of hydrogen-bond acceptors (Lipinski definition) is 10. The van der Waals surface area contributed by atoms with Crippen LogP contribution in [0.4, 0.5) is 0 Å². The summed E-state index contributed by atoms with van der Waals surface area (Å²) in [6.45, 7) is -1.38. The molecule has 9 rings (SSSR count). The van der Waals surface area contributed by atoms with Crippen LogP contribution in [-0.4, -0.2) is 141 Å². The van der Waals surface area contributed by atoms with Gasteiger partial charge in [-0.05, 0) is 72.8 Å². The van der Waals surface area contributed by atoms with Gasteiger partial charge >= 0.3 is 0 Å². The van der Waals surface area contributed by atoms with Gasteiger partial charge in [-0.15, -0.1) is 0 Å². The van der Waals surface area contributed by atoms with Crippen molar-refractivity contribution in [2.75, 3.05) is 52.4 Å². The number of imide groups is 4. The number of hydrogen-bond donors (Lipinski definition) is 0. The Labute approximate surface area is 364 Å². The summed E-state index contributed by atoms with van der Waals surface area (Å²) in [4.78, 5) is 141. The van der Waals surface area contributed by atoms with Crippen molar-refractivity contribution in [2.24, 2.45) is 0 Å². The average molecular weight is 857 g/mol. The number of nitrogens with zero attached hydrogens (tertiary/aromatic N) is 6. The van der Waals surface area contributed by atoms with Gasteiger partial charge in [0, 0.05) is 63.5 Å². The van der Waals surface area contributed by atoms with Gasteiger partial charge in [-0.3, -0.25) is 67.5 Å². The van der Waals surface area contributed by atoms with Crippen molar-refractivity contribution in [3.63, 3.8) is 0 Å². The first-order chi connectivity index (χ1) is 30.9. The fraction of sp³-hybridized carbons (Fsp3) is 0.167. The van der Waals surface area contributed by atoms with Crippen LogP contribution in [-0.2, 0) is 0 Å². The Morgan fingerprint density at radius 2 is 0.469 bits per heavy atom. The van der Waals surface area contributed by atoms with Crippen LogP contribution < -0.4 is 0 Å². The molecule has 0 atom stereocenters. The Hall–Kier alpha value is -8.40. The van der Waals surface area contributed by atoms with Gasteiger partial charge in [0.25, 0.3) is 59.1 Å². The maximum Gasteiger partial charge on any atom is 0.261 e. The lowest BCUT2D eigenvalue weighted by Crippen LogP contribution is -2.45. The third-order valence-electron chi connectivity index (χ3n) is 11.8. The lowest BCUT2D eigenvalue weighted by molar-refractivity contribution is 0.0553. The first kappa shape index (κ1) is 41.0. The maximum atomic E-state index is 14.3. The molecule has 0 spiro atoms. The molecule has 10 amide bonds. The molecule has 0 aliphatic carbocycles. The predicted molar refractivity (Wildman–Crippen MR) is 225 cm³/mol. The van der Waals surface area contributed by atoms with E-state index in [9.17, 15) is 47.9 Å². The normalized spacial score (nSPS) is 15.0. The molecular weight excluding hydrogens is 821 g/mol. The van der Waals surface area contributed by atoms with Crippen LogP contribution in [0.25, 0.3) is 0 Å². The molecule has 4 aliphatic heterocycles. The van der Waals surface area contributed by atoms with E-state index in [1.54, 1.807) is 97.1 Å². The van der Waals surface area contributed by atoms with Crippen LogP contribution in [0.2, 0.25) is 0 Å². The molecule has 0 bridgehead atoms. The summed E-state index contributed by atoms with van der Waals surface area (Å²) in [7, 11) is 0. The van der Waals surface area contributed by atoms with Crippen LogP contribution in [0.1, 0.15) is 104 Å². The second-order valence-corrected chi connectivity index (χ2v) is 15.4. The molecule has 5 aromatic carbocycles. The zero-order valence-electron chi connectivity index (χ0n) is 34.0. The second kappa shape index (κ2) is 16.5. The molecule has 16 heteroatoms. The van der Waals surface area contributed by atoms with Gasteiger partial charge in [-0.2, -0.15) is 0 Å². The number of rotatable bonds is 14. The molecule has 0 saturated heterocycles. The van der Waals surface area contributed by atoms with Crippen LogP contribution in [0, 0.1) is 0 Å². The van der Waals surface area contributed by atoms with E-state index in [0.29, 0.717) is 0 Å². The highest BCUT2D eigenvalue weighted by Crippen LogP contribution is 2.26. The summed E-state index contributed by atoms with van der Waals surface area (Å²) >= 11 is 0. The molecular formula is C48H36N6O10. The SMILES string of the molecule is O=C(c1ccc(C(=O)N(CCN2C(=O)c3ccccc3C2=O)CCN2C(=O)c3ccccc3C2=O)cc1)N(CCN1C(=O)c2ccccc2C1=O)CCN1C(=O)c2ccccc2C1=O. The van der Waals surface area contributed by atoms with Gasteiger partial charge in [0.05, 0.1) is 44.5 Å². The second-order valence-electron chi connectivity index (χ2n) is 15.4. The molecule has 4 heterocycles.